The molecule has 0 aromatic carbocycles. The van der Waals surface area contributed by atoms with Gasteiger partial charge in [-0.05, 0) is 49.3 Å². The van der Waals surface area contributed by atoms with E-state index in [0.29, 0.717) is 6.04 Å². The number of pyridine rings is 1. The van der Waals surface area contributed by atoms with Crippen LogP contribution in [-0.2, 0) is 0 Å². The monoisotopic (exact) mass is 290 g/mol. The average Bonchev–Trinajstić information content (AvgIpc) is 2.56. The lowest BCUT2D eigenvalue weighted by Gasteiger charge is -2.34. The van der Waals surface area contributed by atoms with E-state index in [0.717, 1.165) is 30.6 Å². The molecule has 3 nitrogen and oxygen atoms in total. The predicted octanol–water partition coefficient (Wildman–Crippen LogP) is 4.35. The number of hydrogen-bond acceptors (Lipinski definition) is 3. The normalized spacial score (nSPS) is 23.8. The van der Waals surface area contributed by atoms with Crippen LogP contribution in [0.5, 0.6) is 5.75 Å². The maximum Gasteiger partial charge on any atom is 0.137 e. The first-order chi connectivity index (χ1) is 10.3. The first kappa shape index (κ1) is 16.3. The van der Waals surface area contributed by atoms with Crippen LogP contribution in [0.4, 0.5) is 0 Å². The van der Waals surface area contributed by atoms with Gasteiger partial charge in [-0.1, -0.05) is 33.1 Å². The van der Waals surface area contributed by atoms with Crippen LogP contribution in [0.1, 0.15) is 64.0 Å². The van der Waals surface area contributed by atoms with E-state index in [4.69, 9.17) is 4.74 Å². The molecule has 0 bridgehead atoms. The van der Waals surface area contributed by atoms with Crippen molar-refractivity contribution in [3.05, 3.63) is 24.0 Å². The molecule has 1 atom stereocenters. The van der Waals surface area contributed by atoms with Gasteiger partial charge in [-0.15, -0.1) is 0 Å². The van der Waals surface area contributed by atoms with Crippen LogP contribution in [0.2, 0.25) is 0 Å². The highest BCUT2D eigenvalue weighted by atomic mass is 16.5. The van der Waals surface area contributed by atoms with Crippen LogP contribution in [0.3, 0.4) is 0 Å². The van der Waals surface area contributed by atoms with E-state index in [-0.39, 0.29) is 0 Å². The highest BCUT2D eigenvalue weighted by Crippen LogP contribution is 2.38. The van der Waals surface area contributed by atoms with E-state index in [1.54, 1.807) is 13.3 Å². The summed E-state index contributed by atoms with van der Waals surface area (Å²) in [7, 11) is 1.71. The van der Waals surface area contributed by atoms with E-state index in [1.165, 1.54) is 37.7 Å². The van der Waals surface area contributed by atoms with Crippen LogP contribution in [0.15, 0.2) is 18.5 Å². The summed E-state index contributed by atoms with van der Waals surface area (Å²) < 4.78 is 5.34. The largest absolute Gasteiger partial charge is 0.495 e. The summed E-state index contributed by atoms with van der Waals surface area (Å²) in [6.07, 6.45) is 11.7. The van der Waals surface area contributed by atoms with Gasteiger partial charge in [0.25, 0.3) is 0 Å². The van der Waals surface area contributed by atoms with Crippen LogP contribution in [0.25, 0.3) is 0 Å². The second-order valence-corrected chi connectivity index (χ2v) is 6.28. The molecule has 1 aliphatic carbocycles. The van der Waals surface area contributed by atoms with Crippen molar-refractivity contribution in [1.82, 2.24) is 10.3 Å². The third-order valence-corrected chi connectivity index (χ3v) is 4.88. The summed E-state index contributed by atoms with van der Waals surface area (Å²) >= 11 is 0. The van der Waals surface area contributed by atoms with Crippen LogP contribution in [-0.4, -0.2) is 18.6 Å². The Balaban J connectivity index is 2.10. The summed E-state index contributed by atoms with van der Waals surface area (Å²) in [5, 5.41) is 3.74. The summed E-state index contributed by atoms with van der Waals surface area (Å²) in [6.45, 7) is 5.61. The molecule has 1 aromatic heterocycles. The quantitative estimate of drug-likeness (QED) is 0.810. The highest BCUT2D eigenvalue weighted by molar-refractivity contribution is 5.26. The molecule has 1 heterocycles. The standard InChI is InChI=1S/C18H30N2O/c1-4-10-20-18(15-8-6-14(5-2)7-9-15)16-11-17(21-3)13-19-12-16/h11-15,18,20H,4-10H2,1-3H3. The minimum Gasteiger partial charge on any atom is -0.495 e. The van der Waals surface area contributed by atoms with Gasteiger partial charge in [-0.25, -0.2) is 0 Å². The molecule has 0 saturated heterocycles. The maximum atomic E-state index is 5.34. The number of rotatable bonds is 7. The fourth-order valence-corrected chi connectivity index (χ4v) is 3.50. The summed E-state index contributed by atoms with van der Waals surface area (Å²) in [5.74, 6) is 2.53. The lowest BCUT2D eigenvalue weighted by atomic mass is 9.76. The zero-order valence-corrected chi connectivity index (χ0v) is 13.8. The second kappa shape index (κ2) is 8.38. The molecule has 21 heavy (non-hydrogen) atoms. The van der Waals surface area contributed by atoms with Crippen LogP contribution >= 0.6 is 0 Å². The fourth-order valence-electron chi connectivity index (χ4n) is 3.50. The van der Waals surface area contributed by atoms with Gasteiger partial charge in [0.15, 0.2) is 0 Å². The van der Waals surface area contributed by atoms with Crippen molar-refractivity contribution in [3.8, 4) is 5.75 Å². The van der Waals surface area contributed by atoms with Crippen molar-refractivity contribution in [2.75, 3.05) is 13.7 Å². The summed E-state index contributed by atoms with van der Waals surface area (Å²) in [5.41, 5.74) is 1.28. The lowest BCUT2D eigenvalue weighted by molar-refractivity contribution is 0.218. The summed E-state index contributed by atoms with van der Waals surface area (Å²) in [4.78, 5) is 4.35. The number of nitrogens with zero attached hydrogens (tertiary/aromatic N) is 1. The lowest BCUT2D eigenvalue weighted by Crippen LogP contribution is -2.31. The first-order valence-electron chi connectivity index (χ1n) is 8.50. The molecule has 1 unspecified atom stereocenters. The van der Waals surface area contributed by atoms with Gasteiger partial charge in [0, 0.05) is 12.2 Å². The van der Waals surface area contributed by atoms with E-state index >= 15 is 0 Å². The number of methoxy groups -OCH3 is 1. The Morgan fingerprint density at radius 3 is 2.62 bits per heavy atom. The van der Waals surface area contributed by atoms with Crippen LogP contribution < -0.4 is 10.1 Å². The van der Waals surface area contributed by atoms with Crippen molar-refractivity contribution < 1.29 is 4.74 Å². The molecule has 3 heteroatoms. The van der Waals surface area contributed by atoms with Crippen molar-refractivity contribution in [2.24, 2.45) is 11.8 Å². The predicted molar refractivity (Wildman–Crippen MR) is 87.6 cm³/mol. The van der Waals surface area contributed by atoms with Gasteiger partial charge < -0.3 is 10.1 Å². The Hall–Kier alpha value is -1.09. The van der Waals surface area contributed by atoms with Crippen molar-refractivity contribution in [3.63, 3.8) is 0 Å². The first-order valence-corrected chi connectivity index (χ1v) is 8.50. The molecular weight excluding hydrogens is 260 g/mol. The molecule has 0 spiro atoms. The highest BCUT2D eigenvalue weighted by Gasteiger charge is 2.28. The topological polar surface area (TPSA) is 34.2 Å². The van der Waals surface area contributed by atoms with E-state index in [1.807, 2.05) is 6.20 Å². The van der Waals surface area contributed by atoms with Crippen molar-refractivity contribution in [1.29, 1.82) is 0 Å². The summed E-state index contributed by atoms with van der Waals surface area (Å²) in [6, 6.07) is 2.57. The molecule has 0 radical (unpaired) electrons. The number of ether oxygens (including phenoxy) is 1. The van der Waals surface area contributed by atoms with Crippen molar-refractivity contribution >= 4 is 0 Å². The molecular formula is C18H30N2O. The number of aromatic nitrogens is 1. The minimum atomic E-state index is 0.422. The molecule has 1 aliphatic rings. The Morgan fingerprint density at radius 2 is 2.00 bits per heavy atom. The molecule has 0 aliphatic heterocycles. The third-order valence-electron chi connectivity index (χ3n) is 4.88. The molecule has 2 rings (SSSR count). The minimum absolute atomic E-state index is 0.422. The van der Waals surface area contributed by atoms with Crippen molar-refractivity contribution in [2.45, 2.75) is 58.4 Å². The smallest absolute Gasteiger partial charge is 0.137 e. The molecule has 1 N–H and O–H groups in total. The Morgan fingerprint density at radius 1 is 1.24 bits per heavy atom. The zero-order valence-electron chi connectivity index (χ0n) is 13.8. The van der Waals surface area contributed by atoms with Crippen LogP contribution in [0, 0.1) is 11.8 Å². The maximum absolute atomic E-state index is 5.34. The van der Waals surface area contributed by atoms with Gasteiger partial charge in [0.05, 0.1) is 13.3 Å². The van der Waals surface area contributed by atoms with Gasteiger partial charge in [-0.2, -0.15) is 0 Å². The average molecular weight is 290 g/mol. The van der Waals surface area contributed by atoms with E-state index in [2.05, 4.69) is 30.2 Å². The second-order valence-electron chi connectivity index (χ2n) is 6.28. The molecule has 0 amide bonds. The molecule has 1 fully saturated rings. The number of hydrogen-bond donors (Lipinski definition) is 1. The van der Waals surface area contributed by atoms with E-state index in [9.17, 15) is 0 Å². The molecule has 118 valence electrons. The molecule has 1 aromatic rings. The van der Waals surface area contributed by atoms with E-state index < -0.39 is 0 Å². The third kappa shape index (κ3) is 4.44. The van der Waals surface area contributed by atoms with Gasteiger partial charge in [0.1, 0.15) is 5.75 Å². The zero-order chi connectivity index (χ0) is 15.1. The Bertz CT molecular complexity index is 413. The van der Waals surface area contributed by atoms with Gasteiger partial charge in [-0.3, -0.25) is 4.98 Å². The number of nitrogens with one attached hydrogen (secondary N) is 1. The van der Waals surface area contributed by atoms with Gasteiger partial charge >= 0.3 is 0 Å². The fraction of sp³-hybridized carbons (Fsp3) is 0.722. The SMILES string of the molecule is CCCNC(c1cncc(OC)c1)C1CCC(CC)CC1. The molecule has 1 saturated carbocycles. The Kier molecular flexibility index (Phi) is 6.50. The Labute approximate surface area is 129 Å². The van der Waals surface area contributed by atoms with Gasteiger partial charge in [0.2, 0.25) is 0 Å².